The molecule has 0 bridgehead atoms. The second-order valence-electron chi connectivity index (χ2n) is 6.05. The van der Waals surface area contributed by atoms with Gasteiger partial charge in [0, 0.05) is 38.3 Å². The molecule has 4 unspecified atom stereocenters. The van der Waals surface area contributed by atoms with Gasteiger partial charge >= 0.3 is 0 Å². The zero-order valence-electron chi connectivity index (χ0n) is 11.0. The molecule has 2 N–H and O–H groups in total. The summed E-state index contributed by atoms with van der Waals surface area (Å²) in [5, 5.41) is 0. The van der Waals surface area contributed by atoms with Gasteiger partial charge in [0.2, 0.25) is 0 Å². The molecule has 94 valence electrons. The maximum absolute atomic E-state index is 6.37. The third-order valence-corrected chi connectivity index (χ3v) is 4.43. The van der Waals surface area contributed by atoms with Gasteiger partial charge in [0.1, 0.15) is 0 Å². The number of hydrogen-bond acceptors (Lipinski definition) is 3. The number of nitrogens with zero attached hydrogens (tertiary/aromatic N) is 2. The Bertz CT molecular complexity index is 211. The summed E-state index contributed by atoms with van der Waals surface area (Å²) in [7, 11) is 2.21. The molecule has 2 aliphatic rings. The van der Waals surface area contributed by atoms with Crippen LogP contribution in [-0.2, 0) is 0 Å². The fourth-order valence-electron chi connectivity index (χ4n) is 3.65. The first-order valence-electron chi connectivity index (χ1n) is 6.76. The Morgan fingerprint density at radius 1 is 1.00 bits per heavy atom. The van der Waals surface area contributed by atoms with E-state index in [-0.39, 0.29) is 0 Å². The maximum atomic E-state index is 6.37. The van der Waals surface area contributed by atoms with Crippen LogP contribution in [-0.4, -0.2) is 55.1 Å². The van der Waals surface area contributed by atoms with Crippen molar-refractivity contribution in [2.24, 2.45) is 17.6 Å². The third kappa shape index (κ3) is 2.58. The Balaban J connectivity index is 1.97. The molecule has 3 heteroatoms. The summed E-state index contributed by atoms with van der Waals surface area (Å²) < 4.78 is 0. The van der Waals surface area contributed by atoms with Crippen LogP contribution in [0.5, 0.6) is 0 Å². The smallest absolute Gasteiger partial charge is 0.0274 e. The van der Waals surface area contributed by atoms with Crippen molar-refractivity contribution >= 4 is 0 Å². The second kappa shape index (κ2) is 5.03. The van der Waals surface area contributed by atoms with Gasteiger partial charge in [0.05, 0.1) is 0 Å². The van der Waals surface area contributed by atoms with Gasteiger partial charge in [-0.3, -0.25) is 4.90 Å². The standard InChI is InChI=1S/C13H27N3/c1-10-8-11(2)13(12(14)9-10)16-6-4-15(3)5-7-16/h10-13H,4-9,14H2,1-3H3. The number of piperazine rings is 1. The number of nitrogens with two attached hydrogens (primary N) is 1. The summed E-state index contributed by atoms with van der Waals surface area (Å²) in [6, 6.07) is 1.02. The highest BCUT2D eigenvalue weighted by Gasteiger charge is 2.36. The third-order valence-electron chi connectivity index (χ3n) is 4.43. The molecular formula is C13H27N3. The molecule has 0 aromatic rings. The van der Waals surface area contributed by atoms with Crippen LogP contribution < -0.4 is 5.73 Å². The van der Waals surface area contributed by atoms with Crippen LogP contribution in [0.1, 0.15) is 26.7 Å². The molecule has 3 nitrogen and oxygen atoms in total. The normalized spacial score (nSPS) is 43.5. The van der Waals surface area contributed by atoms with Gasteiger partial charge < -0.3 is 10.6 Å². The van der Waals surface area contributed by atoms with Crippen molar-refractivity contribution in [1.29, 1.82) is 0 Å². The van der Waals surface area contributed by atoms with E-state index in [1.807, 2.05) is 0 Å². The Kier molecular flexibility index (Phi) is 3.88. The quantitative estimate of drug-likeness (QED) is 0.722. The maximum Gasteiger partial charge on any atom is 0.0274 e. The van der Waals surface area contributed by atoms with Crippen LogP contribution >= 0.6 is 0 Å². The van der Waals surface area contributed by atoms with E-state index in [2.05, 4.69) is 30.7 Å². The lowest BCUT2D eigenvalue weighted by Gasteiger charge is -2.47. The summed E-state index contributed by atoms with van der Waals surface area (Å²) in [6.07, 6.45) is 2.56. The zero-order chi connectivity index (χ0) is 11.7. The first-order valence-corrected chi connectivity index (χ1v) is 6.76. The van der Waals surface area contributed by atoms with Crippen LogP contribution in [0, 0.1) is 11.8 Å². The summed E-state index contributed by atoms with van der Waals surface area (Å²) >= 11 is 0. The second-order valence-corrected chi connectivity index (χ2v) is 6.05. The van der Waals surface area contributed by atoms with Crippen molar-refractivity contribution in [1.82, 2.24) is 9.80 Å². The van der Waals surface area contributed by atoms with Crippen molar-refractivity contribution in [3.63, 3.8) is 0 Å². The summed E-state index contributed by atoms with van der Waals surface area (Å²) in [6.45, 7) is 9.53. The molecule has 1 aliphatic heterocycles. The van der Waals surface area contributed by atoms with Crippen LogP contribution in [0.4, 0.5) is 0 Å². The molecule has 0 aromatic carbocycles. The van der Waals surface area contributed by atoms with Gasteiger partial charge in [-0.25, -0.2) is 0 Å². The largest absolute Gasteiger partial charge is 0.326 e. The highest BCUT2D eigenvalue weighted by atomic mass is 15.3. The minimum Gasteiger partial charge on any atom is -0.326 e. The Morgan fingerprint density at radius 2 is 1.62 bits per heavy atom. The summed E-state index contributed by atoms with van der Waals surface area (Å²) in [5.41, 5.74) is 6.37. The molecule has 1 heterocycles. The van der Waals surface area contributed by atoms with Gasteiger partial charge in [-0.1, -0.05) is 13.8 Å². The predicted octanol–water partition coefficient (Wildman–Crippen LogP) is 0.996. The van der Waals surface area contributed by atoms with E-state index >= 15 is 0 Å². The van der Waals surface area contributed by atoms with Crippen LogP contribution in [0.25, 0.3) is 0 Å². The van der Waals surface area contributed by atoms with Gasteiger partial charge in [0.15, 0.2) is 0 Å². The molecule has 1 saturated carbocycles. The molecule has 4 atom stereocenters. The van der Waals surface area contributed by atoms with Gasteiger partial charge in [-0.15, -0.1) is 0 Å². The van der Waals surface area contributed by atoms with Gasteiger partial charge in [-0.2, -0.15) is 0 Å². The van der Waals surface area contributed by atoms with Crippen LogP contribution in [0.2, 0.25) is 0 Å². The lowest BCUT2D eigenvalue weighted by molar-refractivity contribution is 0.0398. The zero-order valence-corrected chi connectivity index (χ0v) is 11.0. The SMILES string of the molecule is CC1CC(C)C(N2CCN(C)CC2)C(N)C1. The lowest BCUT2D eigenvalue weighted by atomic mass is 9.76. The fraction of sp³-hybridized carbons (Fsp3) is 1.00. The fourth-order valence-corrected chi connectivity index (χ4v) is 3.65. The highest BCUT2D eigenvalue weighted by molar-refractivity contribution is 4.93. The van der Waals surface area contributed by atoms with E-state index in [0.717, 1.165) is 11.8 Å². The summed E-state index contributed by atoms with van der Waals surface area (Å²) in [4.78, 5) is 5.05. The Labute approximate surface area is 100.0 Å². The van der Waals surface area contributed by atoms with E-state index in [1.165, 1.54) is 39.0 Å². The highest BCUT2D eigenvalue weighted by Crippen LogP contribution is 2.31. The molecule has 0 aromatic heterocycles. The van der Waals surface area contributed by atoms with E-state index in [9.17, 15) is 0 Å². The molecule has 0 radical (unpaired) electrons. The summed E-state index contributed by atoms with van der Waals surface area (Å²) in [5.74, 6) is 1.58. The number of hydrogen-bond donors (Lipinski definition) is 1. The van der Waals surface area contributed by atoms with Crippen molar-refractivity contribution in [2.45, 2.75) is 38.8 Å². The van der Waals surface area contributed by atoms with Gasteiger partial charge in [-0.05, 0) is 31.7 Å². The average Bonchev–Trinajstić information content (AvgIpc) is 2.19. The monoisotopic (exact) mass is 225 g/mol. The molecule has 0 amide bonds. The van der Waals surface area contributed by atoms with E-state index in [1.54, 1.807) is 0 Å². The van der Waals surface area contributed by atoms with Crippen molar-refractivity contribution in [3.05, 3.63) is 0 Å². The van der Waals surface area contributed by atoms with E-state index < -0.39 is 0 Å². The Morgan fingerprint density at radius 3 is 2.19 bits per heavy atom. The van der Waals surface area contributed by atoms with Crippen LogP contribution in [0.3, 0.4) is 0 Å². The molecule has 2 fully saturated rings. The van der Waals surface area contributed by atoms with Crippen LogP contribution in [0.15, 0.2) is 0 Å². The number of rotatable bonds is 1. The molecule has 16 heavy (non-hydrogen) atoms. The predicted molar refractivity (Wildman–Crippen MR) is 68.4 cm³/mol. The molecular weight excluding hydrogens is 198 g/mol. The van der Waals surface area contributed by atoms with E-state index in [0.29, 0.717) is 12.1 Å². The molecule has 1 saturated heterocycles. The van der Waals surface area contributed by atoms with Crippen molar-refractivity contribution in [2.75, 3.05) is 33.2 Å². The molecule has 0 spiro atoms. The van der Waals surface area contributed by atoms with Crippen molar-refractivity contribution < 1.29 is 0 Å². The molecule has 2 rings (SSSR count). The minimum absolute atomic E-state index is 0.391. The first-order chi connectivity index (χ1) is 7.58. The van der Waals surface area contributed by atoms with E-state index in [4.69, 9.17) is 5.73 Å². The minimum atomic E-state index is 0.391. The van der Waals surface area contributed by atoms with Crippen molar-refractivity contribution in [3.8, 4) is 0 Å². The first kappa shape index (κ1) is 12.3. The Hall–Kier alpha value is -0.120. The topological polar surface area (TPSA) is 32.5 Å². The van der Waals surface area contributed by atoms with Gasteiger partial charge in [0.25, 0.3) is 0 Å². The molecule has 1 aliphatic carbocycles. The average molecular weight is 225 g/mol. The number of likely N-dealkylation sites (N-methyl/N-ethyl adjacent to an activating group) is 1. The lowest BCUT2D eigenvalue weighted by Crippen LogP contribution is -2.59.